The first-order valence-corrected chi connectivity index (χ1v) is 10.1. The number of fused-ring (bicyclic) bond motifs is 3. The summed E-state index contributed by atoms with van der Waals surface area (Å²) in [5.74, 6) is -0.589. The number of rotatable bonds is 5. The second-order valence-electron chi connectivity index (χ2n) is 6.99. The van der Waals surface area contributed by atoms with E-state index in [1.165, 1.54) is 4.90 Å². The van der Waals surface area contributed by atoms with Gasteiger partial charge in [-0.1, -0.05) is 59.6 Å². The largest absolute Gasteiger partial charge is 0.464 e. The van der Waals surface area contributed by atoms with Gasteiger partial charge in [0.1, 0.15) is 5.58 Å². The van der Waals surface area contributed by atoms with Crippen molar-refractivity contribution in [3.63, 3.8) is 0 Å². The minimum atomic E-state index is -0.386. The van der Waals surface area contributed by atoms with E-state index < -0.39 is 0 Å². The summed E-state index contributed by atoms with van der Waals surface area (Å²) >= 11 is 12.2. The van der Waals surface area contributed by atoms with Crippen LogP contribution in [0.5, 0.6) is 0 Å². The number of likely N-dealkylation sites (N-methyl/N-ethyl adjacent to an activating group) is 1. The lowest BCUT2D eigenvalue weighted by Crippen LogP contribution is -2.35. The van der Waals surface area contributed by atoms with E-state index in [4.69, 9.17) is 27.6 Å². The number of nitrogens with one attached hydrogen (secondary N) is 1. The predicted molar refractivity (Wildman–Crippen MR) is 120 cm³/mol. The highest BCUT2D eigenvalue weighted by Gasteiger charge is 2.18. The molecule has 1 aromatic heterocycles. The number of furan rings is 1. The van der Waals surface area contributed by atoms with Crippen LogP contribution in [0.15, 0.2) is 65.3 Å². The fraction of sp³-hybridized carbons (Fsp3) is 0.130. The average molecular weight is 441 g/mol. The number of carbonyl (C=O) groups is 2. The van der Waals surface area contributed by atoms with E-state index in [2.05, 4.69) is 5.32 Å². The zero-order chi connectivity index (χ0) is 21.3. The molecule has 0 fully saturated rings. The molecule has 152 valence electrons. The molecule has 0 aliphatic carbocycles. The van der Waals surface area contributed by atoms with E-state index in [0.29, 0.717) is 15.7 Å². The molecule has 0 atom stereocenters. The highest BCUT2D eigenvalue weighted by Crippen LogP contribution is 2.31. The van der Waals surface area contributed by atoms with E-state index >= 15 is 0 Å². The van der Waals surface area contributed by atoms with Crippen LogP contribution in [0.3, 0.4) is 0 Å². The molecule has 3 aromatic carbocycles. The van der Waals surface area contributed by atoms with Gasteiger partial charge in [0.15, 0.2) is 0 Å². The summed E-state index contributed by atoms with van der Waals surface area (Å²) < 4.78 is 5.64. The Bertz CT molecular complexity index is 1250. The maximum Gasteiger partial charge on any atom is 0.244 e. The van der Waals surface area contributed by atoms with Crippen molar-refractivity contribution in [3.05, 3.63) is 76.5 Å². The molecule has 0 aliphatic heterocycles. The molecule has 0 spiro atoms. The van der Waals surface area contributed by atoms with Gasteiger partial charge in [-0.05, 0) is 29.0 Å². The third-order valence-corrected chi connectivity index (χ3v) is 5.55. The van der Waals surface area contributed by atoms with Crippen molar-refractivity contribution in [1.82, 2.24) is 4.90 Å². The Kier molecular flexibility index (Phi) is 5.66. The molecule has 0 radical (unpaired) electrons. The topological polar surface area (TPSA) is 62.6 Å². The van der Waals surface area contributed by atoms with Crippen LogP contribution in [-0.2, 0) is 16.0 Å². The zero-order valence-corrected chi connectivity index (χ0v) is 17.6. The molecular formula is C23H18Cl2N2O3. The van der Waals surface area contributed by atoms with Gasteiger partial charge in [0.2, 0.25) is 11.8 Å². The first kappa shape index (κ1) is 20.3. The third kappa shape index (κ3) is 3.99. The van der Waals surface area contributed by atoms with Gasteiger partial charge in [-0.15, -0.1) is 0 Å². The van der Waals surface area contributed by atoms with Crippen LogP contribution in [0.2, 0.25) is 10.0 Å². The van der Waals surface area contributed by atoms with E-state index in [9.17, 15) is 9.59 Å². The van der Waals surface area contributed by atoms with Crippen molar-refractivity contribution in [3.8, 4) is 0 Å². The second-order valence-corrected chi connectivity index (χ2v) is 7.81. The summed E-state index contributed by atoms with van der Waals surface area (Å²) in [6.45, 7) is -0.128. The first-order valence-electron chi connectivity index (χ1n) is 9.29. The summed E-state index contributed by atoms with van der Waals surface area (Å²) in [6.07, 6.45) is 1.73. The Labute approximate surface area is 183 Å². The van der Waals surface area contributed by atoms with Crippen LogP contribution in [0.4, 0.5) is 5.69 Å². The number of carbonyl (C=O) groups excluding carboxylic acids is 2. The quantitative estimate of drug-likeness (QED) is 0.443. The van der Waals surface area contributed by atoms with Crippen LogP contribution < -0.4 is 5.32 Å². The number of anilines is 1. The van der Waals surface area contributed by atoms with Crippen molar-refractivity contribution in [1.29, 1.82) is 0 Å². The highest BCUT2D eigenvalue weighted by molar-refractivity contribution is 6.39. The normalized spacial score (nSPS) is 11.0. The van der Waals surface area contributed by atoms with Gasteiger partial charge in [0, 0.05) is 18.0 Å². The lowest BCUT2D eigenvalue weighted by atomic mass is 10.0. The summed E-state index contributed by atoms with van der Waals surface area (Å²) in [6, 6.07) is 16.8. The van der Waals surface area contributed by atoms with E-state index in [0.717, 1.165) is 27.3 Å². The molecular weight excluding hydrogens is 423 g/mol. The molecule has 7 heteroatoms. The molecule has 0 aliphatic rings. The third-order valence-electron chi connectivity index (χ3n) is 4.92. The number of nitrogens with zero attached hydrogens (tertiary/aromatic N) is 1. The Morgan fingerprint density at radius 2 is 1.73 bits per heavy atom. The van der Waals surface area contributed by atoms with Crippen molar-refractivity contribution >= 4 is 62.4 Å². The van der Waals surface area contributed by atoms with Gasteiger partial charge in [0.05, 0.1) is 35.0 Å². The maximum atomic E-state index is 12.8. The molecule has 4 rings (SSSR count). The van der Waals surface area contributed by atoms with E-state index in [1.807, 2.05) is 36.4 Å². The molecule has 4 aromatic rings. The first-order chi connectivity index (χ1) is 14.4. The zero-order valence-electron chi connectivity index (χ0n) is 16.1. The fourth-order valence-electron chi connectivity index (χ4n) is 3.40. The van der Waals surface area contributed by atoms with Crippen molar-refractivity contribution < 1.29 is 14.0 Å². The molecule has 0 saturated heterocycles. The molecule has 0 saturated carbocycles. The molecule has 30 heavy (non-hydrogen) atoms. The van der Waals surface area contributed by atoms with Crippen LogP contribution >= 0.6 is 23.2 Å². The number of hydrogen-bond donors (Lipinski definition) is 1. The van der Waals surface area contributed by atoms with Crippen molar-refractivity contribution in [2.75, 3.05) is 18.9 Å². The number of amides is 2. The Morgan fingerprint density at radius 1 is 1.00 bits per heavy atom. The SMILES string of the molecule is CN(CC(=O)Nc1c(Cl)cccc1Cl)C(=O)Cc1coc2ccc3ccccc3c12. The van der Waals surface area contributed by atoms with Gasteiger partial charge in [-0.3, -0.25) is 9.59 Å². The number of para-hydroxylation sites is 1. The van der Waals surface area contributed by atoms with E-state index in [-0.39, 0.29) is 24.8 Å². The molecule has 0 unspecified atom stereocenters. The van der Waals surface area contributed by atoms with Crippen LogP contribution in [0.1, 0.15) is 5.56 Å². The van der Waals surface area contributed by atoms with Gasteiger partial charge in [-0.2, -0.15) is 0 Å². The van der Waals surface area contributed by atoms with Crippen LogP contribution in [0.25, 0.3) is 21.7 Å². The van der Waals surface area contributed by atoms with E-state index in [1.54, 1.807) is 31.5 Å². The fourth-order valence-corrected chi connectivity index (χ4v) is 3.89. The standard InChI is InChI=1S/C23H18Cl2N2O3/c1-27(12-20(28)26-23-17(24)7-4-8-18(23)25)21(29)11-15-13-30-19-10-9-14-5-2-3-6-16(14)22(15)19/h2-10,13H,11-12H2,1H3,(H,26,28). The Balaban J connectivity index is 1.49. The minimum absolute atomic E-state index is 0.123. The van der Waals surface area contributed by atoms with Crippen LogP contribution in [-0.4, -0.2) is 30.3 Å². The Hall–Kier alpha value is -3.02. The lowest BCUT2D eigenvalue weighted by Gasteiger charge is -2.17. The second kappa shape index (κ2) is 8.38. The van der Waals surface area contributed by atoms with Crippen molar-refractivity contribution in [2.24, 2.45) is 0 Å². The molecule has 5 nitrogen and oxygen atoms in total. The van der Waals surface area contributed by atoms with Crippen LogP contribution in [0, 0.1) is 0 Å². The molecule has 1 N–H and O–H groups in total. The average Bonchev–Trinajstić information content (AvgIpc) is 3.14. The maximum absolute atomic E-state index is 12.8. The summed E-state index contributed by atoms with van der Waals surface area (Å²) in [7, 11) is 1.58. The van der Waals surface area contributed by atoms with Gasteiger partial charge < -0.3 is 14.6 Å². The number of halogens is 2. The highest BCUT2D eigenvalue weighted by atomic mass is 35.5. The minimum Gasteiger partial charge on any atom is -0.464 e. The van der Waals surface area contributed by atoms with Gasteiger partial charge in [0.25, 0.3) is 0 Å². The molecule has 1 heterocycles. The molecule has 2 amide bonds. The van der Waals surface area contributed by atoms with Crippen molar-refractivity contribution in [2.45, 2.75) is 6.42 Å². The monoisotopic (exact) mass is 440 g/mol. The predicted octanol–water partition coefficient (Wildman–Crippen LogP) is 5.53. The summed E-state index contributed by atoms with van der Waals surface area (Å²) in [5.41, 5.74) is 1.84. The number of hydrogen-bond acceptors (Lipinski definition) is 3. The molecule has 0 bridgehead atoms. The van der Waals surface area contributed by atoms with Gasteiger partial charge >= 0.3 is 0 Å². The number of benzene rings is 3. The lowest BCUT2D eigenvalue weighted by molar-refractivity contribution is -0.132. The Morgan fingerprint density at radius 3 is 2.50 bits per heavy atom. The summed E-state index contributed by atoms with van der Waals surface area (Å²) in [5, 5.41) is 6.35. The summed E-state index contributed by atoms with van der Waals surface area (Å²) in [4.78, 5) is 26.5. The van der Waals surface area contributed by atoms with Gasteiger partial charge in [-0.25, -0.2) is 0 Å². The smallest absolute Gasteiger partial charge is 0.244 e.